The summed E-state index contributed by atoms with van der Waals surface area (Å²) in [5.41, 5.74) is 1.28. The maximum Gasteiger partial charge on any atom is 0.119 e. The molecule has 2 rings (SSSR count). The number of phenols is 1. The average Bonchev–Trinajstić information content (AvgIpc) is 2.53. The molecule has 0 aliphatic heterocycles. The molecule has 112 valence electrons. The Kier molecular flexibility index (Phi) is 5.95. The summed E-state index contributed by atoms with van der Waals surface area (Å²) in [6.45, 7) is 4.94. The third kappa shape index (κ3) is 5.03. The second-order valence-corrected chi connectivity index (χ2v) is 4.96. The Morgan fingerprint density at radius 3 is 2.33 bits per heavy atom. The van der Waals surface area contributed by atoms with Gasteiger partial charge in [-0.15, -0.1) is 0 Å². The zero-order valence-corrected chi connectivity index (χ0v) is 12.5. The van der Waals surface area contributed by atoms with Crippen molar-refractivity contribution in [3.8, 4) is 11.5 Å². The number of ether oxygens (including phenoxy) is 1. The Morgan fingerprint density at radius 1 is 0.952 bits per heavy atom. The van der Waals surface area contributed by atoms with Crippen LogP contribution in [-0.2, 0) is 0 Å². The fourth-order valence-corrected chi connectivity index (χ4v) is 2.25. The van der Waals surface area contributed by atoms with E-state index < -0.39 is 0 Å². The molecular weight excluding hydrogens is 262 g/mol. The van der Waals surface area contributed by atoms with E-state index in [0.29, 0.717) is 6.61 Å². The lowest BCUT2D eigenvalue weighted by Gasteiger charge is -2.23. The molecule has 0 spiro atoms. The summed E-state index contributed by atoms with van der Waals surface area (Å²) in [7, 11) is 0. The van der Waals surface area contributed by atoms with Crippen molar-refractivity contribution < 1.29 is 9.84 Å². The normalized spacial score (nSPS) is 10.3. The topological polar surface area (TPSA) is 32.7 Å². The third-order valence-electron chi connectivity index (χ3n) is 3.43. The average molecular weight is 285 g/mol. The molecule has 0 aliphatic carbocycles. The van der Waals surface area contributed by atoms with Gasteiger partial charge in [0.1, 0.15) is 11.5 Å². The van der Waals surface area contributed by atoms with Crippen LogP contribution >= 0.6 is 0 Å². The first-order chi connectivity index (χ1) is 10.3. The van der Waals surface area contributed by atoms with Crippen molar-refractivity contribution in [1.82, 2.24) is 0 Å². The predicted octanol–water partition coefficient (Wildman–Crippen LogP) is 4.08. The first-order valence-electron chi connectivity index (χ1n) is 7.51. The van der Waals surface area contributed by atoms with E-state index in [1.165, 1.54) is 5.69 Å². The highest BCUT2D eigenvalue weighted by atomic mass is 16.5. The van der Waals surface area contributed by atoms with Crippen LogP contribution in [0.1, 0.15) is 19.8 Å². The lowest BCUT2D eigenvalue weighted by molar-refractivity contribution is 0.307. The van der Waals surface area contributed by atoms with Crippen molar-refractivity contribution in [2.75, 3.05) is 24.6 Å². The molecule has 0 aliphatic rings. The van der Waals surface area contributed by atoms with E-state index in [0.717, 1.165) is 31.7 Å². The molecule has 0 saturated heterocycles. The summed E-state index contributed by atoms with van der Waals surface area (Å²) in [5, 5.41) is 9.20. The van der Waals surface area contributed by atoms with E-state index in [9.17, 15) is 5.11 Å². The standard InChI is InChI=1S/C18H23NO2/c1-2-19(16-8-4-3-5-9-16)14-6-7-15-21-18-12-10-17(20)11-13-18/h3-5,8-13,20H,2,6-7,14-15H2,1H3. The van der Waals surface area contributed by atoms with Gasteiger partial charge in [-0.3, -0.25) is 0 Å². The van der Waals surface area contributed by atoms with Crippen molar-refractivity contribution >= 4 is 5.69 Å². The van der Waals surface area contributed by atoms with Crippen LogP contribution in [0.2, 0.25) is 0 Å². The fraction of sp³-hybridized carbons (Fsp3) is 0.333. The Bertz CT molecular complexity index is 511. The molecule has 0 fully saturated rings. The van der Waals surface area contributed by atoms with Gasteiger partial charge in [0.15, 0.2) is 0 Å². The van der Waals surface area contributed by atoms with Gasteiger partial charge in [0.25, 0.3) is 0 Å². The molecule has 0 unspecified atom stereocenters. The summed E-state index contributed by atoms with van der Waals surface area (Å²) < 4.78 is 5.65. The largest absolute Gasteiger partial charge is 0.508 e. The van der Waals surface area contributed by atoms with Crippen LogP contribution in [0.5, 0.6) is 11.5 Å². The lowest BCUT2D eigenvalue weighted by Crippen LogP contribution is -2.24. The van der Waals surface area contributed by atoms with Crippen molar-refractivity contribution in [1.29, 1.82) is 0 Å². The van der Waals surface area contributed by atoms with Gasteiger partial charge in [-0.2, -0.15) is 0 Å². The molecule has 3 nitrogen and oxygen atoms in total. The summed E-state index contributed by atoms with van der Waals surface area (Å²) in [6, 6.07) is 17.4. The zero-order valence-electron chi connectivity index (χ0n) is 12.5. The number of rotatable bonds is 8. The van der Waals surface area contributed by atoms with Gasteiger partial charge < -0.3 is 14.7 Å². The van der Waals surface area contributed by atoms with Gasteiger partial charge >= 0.3 is 0 Å². The van der Waals surface area contributed by atoms with Crippen molar-refractivity contribution in [2.45, 2.75) is 19.8 Å². The van der Waals surface area contributed by atoms with Crippen molar-refractivity contribution in [3.05, 3.63) is 54.6 Å². The highest BCUT2D eigenvalue weighted by Gasteiger charge is 2.03. The van der Waals surface area contributed by atoms with Gasteiger partial charge in [0.2, 0.25) is 0 Å². The van der Waals surface area contributed by atoms with E-state index in [4.69, 9.17) is 4.74 Å². The number of unbranched alkanes of at least 4 members (excludes halogenated alkanes) is 1. The third-order valence-corrected chi connectivity index (χ3v) is 3.43. The minimum absolute atomic E-state index is 0.267. The van der Waals surface area contributed by atoms with Crippen LogP contribution < -0.4 is 9.64 Å². The van der Waals surface area contributed by atoms with E-state index in [1.54, 1.807) is 24.3 Å². The zero-order chi connectivity index (χ0) is 14.9. The number of phenolic OH excluding ortho intramolecular Hbond substituents is 1. The Labute approximate surface area is 126 Å². The second kappa shape index (κ2) is 8.20. The van der Waals surface area contributed by atoms with Crippen LogP contribution in [0.25, 0.3) is 0 Å². The van der Waals surface area contributed by atoms with E-state index >= 15 is 0 Å². The quantitative estimate of drug-likeness (QED) is 0.742. The van der Waals surface area contributed by atoms with Gasteiger partial charge in [0.05, 0.1) is 6.61 Å². The number of hydrogen-bond acceptors (Lipinski definition) is 3. The highest BCUT2D eigenvalue weighted by molar-refractivity contribution is 5.45. The number of hydrogen-bond donors (Lipinski definition) is 1. The first-order valence-corrected chi connectivity index (χ1v) is 7.51. The summed E-state index contributed by atoms with van der Waals surface area (Å²) in [6.07, 6.45) is 2.12. The Hall–Kier alpha value is -2.16. The maximum absolute atomic E-state index is 9.20. The SMILES string of the molecule is CCN(CCCCOc1ccc(O)cc1)c1ccccc1. The van der Waals surface area contributed by atoms with Crippen LogP contribution in [0.3, 0.4) is 0 Å². The maximum atomic E-state index is 9.20. The second-order valence-electron chi connectivity index (χ2n) is 4.96. The summed E-state index contributed by atoms with van der Waals surface area (Å²) >= 11 is 0. The van der Waals surface area contributed by atoms with Gasteiger partial charge in [-0.05, 0) is 56.2 Å². The summed E-state index contributed by atoms with van der Waals surface area (Å²) in [4.78, 5) is 2.38. The molecular formula is C18H23NO2. The summed E-state index contributed by atoms with van der Waals surface area (Å²) in [5.74, 6) is 1.08. The molecule has 0 aromatic heterocycles. The van der Waals surface area contributed by atoms with E-state index in [-0.39, 0.29) is 5.75 Å². The Morgan fingerprint density at radius 2 is 1.67 bits per heavy atom. The van der Waals surface area contributed by atoms with Crippen molar-refractivity contribution in [3.63, 3.8) is 0 Å². The number of aromatic hydroxyl groups is 1. The van der Waals surface area contributed by atoms with Crippen LogP contribution in [0, 0.1) is 0 Å². The first kappa shape index (κ1) is 15.2. The number of benzene rings is 2. The number of nitrogens with zero attached hydrogens (tertiary/aromatic N) is 1. The van der Waals surface area contributed by atoms with Crippen LogP contribution in [0.15, 0.2) is 54.6 Å². The number of para-hydroxylation sites is 1. The minimum Gasteiger partial charge on any atom is -0.508 e. The van der Waals surface area contributed by atoms with Gasteiger partial charge in [-0.25, -0.2) is 0 Å². The molecule has 0 atom stereocenters. The van der Waals surface area contributed by atoms with Gasteiger partial charge in [-0.1, -0.05) is 18.2 Å². The molecule has 0 amide bonds. The molecule has 3 heteroatoms. The molecule has 0 radical (unpaired) electrons. The molecule has 21 heavy (non-hydrogen) atoms. The smallest absolute Gasteiger partial charge is 0.119 e. The van der Waals surface area contributed by atoms with Crippen molar-refractivity contribution in [2.24, 2.45) is 0 Å². The van der Waals surface area contributed by atoms with E-state index in [2.05, 4.69) is 36.1 Å². The molecule has 0 bridgehead atoms. The molecule has 0 heterocycles. The fourth-order valence-electron chi connectivity index (χ4n) is 2.25. The Balaban J connectivity index is 1.68. The predicted molar refractivity (Wildman–Crippen MR) is 87.2 cm³/mol. The molecule has 2 aromatic carbocycles. The monoisotopic (exact) mass is 285 g/mol. The van der Waals surface area contributed by atoms with Gasteiger partial charge in [0, 0.05) is 18.8 Å². The lowest BCUT2D eigenvalue weighted by atomic mass is 10.2. The highest BCUT2D eigenvalue weighted by Crippen LogP contribution is 2.17. The molecule has 1 N–H and O–H groups in total. The number of anilines is 1. The van der Waals surface area contributed by atoms with E-state index in [1.807, 2.05) is 6.07 Å². The van der Waals surface area contributed by atoms with Crippen LogP contribution in [0.4, 0.5) is 5.69 Å². The minimum atomic E-state index is 0.267. The molecule has 0 saturated carbocycles. The molecule has 2 aromatic rings. The van der Waals surface area contributed by atoms with Crippen LogP contribution in [-0.4, -0.2) is 24.8 Å².